The molecule has 0 radical (unpaired) electrons. The first-order valence-corrected chi connectivity index (χ1v) is 9.33. The molecular formula is C18H16Cl2N2S. The van der Waals surface area contributed by atoms with E-state index in [0.717, 1.165) is 46.9 Å². The Labute approximate surface area is 150 Å². The zero-order valence-electron chi connectivity index (χ0n) is 12.8. The van der Waals surface area contributed by atoms with E-state index in [4.69, 9.17) is 28.2 Å². The van der Waals surface area contributed by atoms with Crippen LogP contribution in [0.1, 0.15) is 40.8 Å². The molecule has 2 aromatic rings. The summed E-state index contributed by atoms with van der Waals surface area (Å²) in [6.07, 6.45) is 4.38. The van der Waals surface area contributed by atoms with E-state index < -0.39 is 0 Å². The number of nitriles is 1. The van der Waals surface area contributed by atoms with Crippen molar-refractivity contribution in [2.24, 2.45) is 0 Å². The number of rotatable bonds is 3. The molecule has 118 valence electrons. The Morgan fingerprint density at radius 1 is 1.17 bits per heavy atom. The number of halogens is 2. The van der Waals surface area contributed by atoms with E-state index in [1.54, 1.807) is 17.8 Å². The average molecular weight is 363 g/mol. The monoisotopic (exact) mass is 362 g/mol. The number of pyridine rings is 1. The van der Waals surface area contributed by atoms with Gasteiger partial charge in [0, 0.05) is 11.4 Å². The average Bonchev–Trinajstić information content (AvgIpc) is 2.56. The Bertz CT molecular complexity index is 797. The summed E-state index contributed by atoms with van der Waals surface area (Å²) in [4.78, 5) is 4.69. The molecule has 5 heteroatoms. The number of hydrogen-bond acceptors (Lipinski definition) is 3. The fraction of sp³-hybridized carbons (Fsp3) is 0.333. The van der Waals surface area contributed by atoms with Crippen LogP contribution in [0.15, 0.2) is 23.2 Å². The molecule has 1 aromatic carbocycles. The van der Waals surface area contributed by atoms with Gasteiger partial charge in [-0.25, -0.2) is 4.98 Å². The van der Waals surface area contributed by atoms with Gasteiger partial charge >= 0.3 is 0 Å². The first kappa shape index (κ1) is 16.6. The van der Waals surface area contributed by atoms with Crippen LogP contribution >= 0.6 is 35.0 Å². The predicted octanol–water partition coefficient (Wildman–Crippen LogP) is 5.74. The molecule has 0 aliphatic heterocycles. The summed E-state index contributed by atoms with van der Waals surface area (Å²) in [5, 5.41) is 11.5. The molecule has 0 fully saturated rings. The molecule has 1 aliphatic carbocycles. The Hall–Kier alpha value is -1.21. The van der Waals surface area contributed by atoms with E-state index in [2.05, 4.69) is 13.0 Å². The van der Waals surface area contributed by atoms with Crippen LogP contribution in [-0.2, 0) is 18.6 Å². The van der Waals surface area contributed by atoms with Gasteiger partial charge in [0.25, 0.3) is 0 Å². The zero-order chi connectivity index (χ0) is 16.4. The van der Waals surface area contributed by atoms with Gasteiger partial charge in [-0.15, -0.1) is 11.8 Å². The van der Waals surface area contributed by atoms with Gasteiger partial charge in [0.2, 0.25) is 0 Å². The molecule has 1 heterocycles. The quantitative estimate of drug-likeness (QED) is 0.653. The third kappa shape index (κ3) is 3.50. The summed E-state index contributed by atoms with van der Waals surface area (Å²) in [7, 11) is 0. The summed E-state index contributed by atoms with van der Waals surface area (Å²) in [5.74, 6) is 0.719. The standard InChI is InChI=1S/C18H16Cl2N2S/c1-11-13-4-2-3-5-14(13)15(9-21)18(22-11)23-10-12-6-7-16(19)17(20)8-12/h6-8H,2-5,10H2,1H3. The first-order chi connectivity index (χ1) is 11.1. The lowest BCUT2D eigenvalue weighted by atomic mass is 9.88. The van der Waals surface area contributed by atoms with Gasteiger partial charge in [-0.2, -0.15) is 5.26 Å². The van der Waals surface area contributed by atoms with Crippen molar-refractivity contribution in [1.82, 2.24) is 4.98 Å². The molecule has 0 spiro atoms. The lowest BCUT2D eigenvalue weighted by Crippen LogP contribution is -2.10. The molecule has 1 aliphatic rings. The van der Waals surface area contributed by atoms with E-state index in [-0.39, 0.29) is 0 Å². The molecular weight excluding hydrogens is 347 g/mol. The van der Waals surface area contributed by atoms with Crippen LogP contribution in [0.3, 0.4) is 0 Å². The van der Waals surface area contributed by atoms with E-state index >= 15 is 0 Å². The highest BCUT2D eigenvalue weighted by Crippen LogP contribution is 2.34. The summed E-state index contributed by atoms with van der Waals surface area (Å²) in [6.45, 7) is 2.05. The van der Waals surface area contributed by atoms with E-state index in [1.807, 2.05) is 12.1 Å². The van der Waals surface area contributed by atoms with Gasteiger partial charge in [0.15, 0.2) is 0 Å². The van der Waals surface area contributed by atoms with Gasteiger partial charge in [-0.05, 0) is 61.4 Å². The summed E-state index contributed by atoms with van der Waals surface area (Å²) >= 11 is 13.6. The molecule has 0 N–H and O–H groups in total. The number of fused-ring (bicyclic) bond motifs is 1. The second kappa shape index (κ2) is 7.13. The fourth-order valence-corrected chi connectivity index (χ4v) is 4.30. The van der Waals surface area contributed by atoms with Gasteiger partial charge in [0.1, 0.15) is 11.1 Å². The minimum Gasteiger partial charge on any atom is -0.245 e. The maximum Gasteiger partial charge on any atom is 0.115 e. The molecule has 3 rings (SSSR count). The lowest BCUT2D eigenvalue weighted by Gasteiger charge is -2.20. The van der Waals surface area contributed by atoms with Crippen molar-refractivity contribution in [2.75, 3.05) is 0 Å². The summed E-state index contributed by atoms with van der Waals surface area (Å²) < 4.78 is 0. The second-order valence-electron chi connectivity index (χ2n) is 5.69. The van der Waals surface area contributed by atoms with E-state index in [9.17, 15) is 5.26 Å². The van der Waals surface area contributed by atoms with Crippen LogP contribution in [0.25, 0.3) is 0 Å². The Balaban J connectivity index is 1.89. The molecule has 0 unspecified atom stereocenters. The minimum atomic E-state index is 0.555. The van der Waals surface area contributed by atoms with Crippen LogP contribution in [0.5, 0.6) is 0 Å². The molecule has 23 heavy (non-hydrogen) atoms. The van der Waals surface area contributed by atoms with E-state index in [0.29, 0.717) is 10.0 Å². The third-order valence-corrected chi connectivity index (χ3v) is 5.95. The van der Waals surface area contributed by atoms with Gasteiger partial charge in [-0.1, -0.05) is 29.3 Å². The molecule has 2 nitrogen and oxygen atoms in total. The fourth-order valence-electron chi connectivity index (χ4n) is 2.99. The van der Waals surface area contributed by atoms with Crippen molar-refractivity contribution in [1.29, 1.82) is 5.26 Å². The highest BCUT2D eigenvalue weighted by molar-refractivity contribution is 7.98. The smallest absolute Gasteiger partial charge is 0.115 e. The van der Waals surface area contributed by atoms with Gasteiger partial charge < -0.3 is 0 Å². The van der Waals surface area contributed by atoms with Crippen LogP contribution in [0, 0.1) is 18.3 Å². The second-order valence-corrected chi connectivity index (χ2v) is 7.47. The number of nitrogens with zero attached hydrogens (tertiary/aromatic N) is 2. The third-order valence-electron chi connectivity index (χ3n) is 4.16. The van der Waals surface area contributed by atoms with Crippen molar-refractivity contribution >= 4 is 35.0 Å². The highest BCUT2D eigenvalue weighted by Gasteiger charge is 2.20. The normalized spacial score (nSPS) is 13.5. The SMILES string of the molecule is Cc1nc(SCc2ccc(Cl)c(Cl)c2)c(C#N)c2c1CCCC2. The first-order valence-electron chi connectivity index (χ1n) is 7.59. The van der Waals surface area contributed by atoms with Crippen molar-refractivity contribution in [3.05, 3.63) is 56.2 Å². The van der Waals surface area contributed by atoms with Crippen LogP contribution < -0.4 is 0 Å². The van der Waals surface area contributed by atoms with Crippen molar-refractivity contribution in [3.8, 4) is 6.07 Å². The zero-order valence-corrected chi connectivity index (χ0v) is 15.2. The van der Waals surface area contributed by atoms with E-state index in [1.165, 1.54) is 17.5 Å². The molecule has 0 amide bonds. The topological polar surface area (TPSA) is 36.7 Å². The maximum atomic E-state index is 9.60. The Morgan fingerprint density at radius 3 is 2.61 bits per heavy atom. The van der Waals surface area contributed by atoms with Crippen molar-refractivity contribution < 1.29 is 0 Å². The van der Waals surface area contributed by atoms with Crippen molar-refractivity contribution in [3.63, 3.8) is 0 Å². The van der Waals surface area contributed by atoms with Gasteiger partial charge in [-0.3, -0.25) is 0 Å². The molecule has 0 bridgehead atoms. The molecule has 0 atom stereocenters. The van der Waals surface area contributed by atoms with Crippen LogP contribution in [0.4, 0.5) is 0 Å². The number of benzene rings is 1. The number of hydrogen-bond donors (Lipinski definition) is 0. The molecule has 1 aromatic heterocycles. The number of aryl methyl sites for hydroxylation is 1. The lowest BCUT2D eigenvalue weighted by molar-refractivity contribution is 0.669. The van der Waals surface area contributed by atoms with Crippen molar-refractivity contribution in [2.45, 2.75) is 43.4 Å². The minimum absolute atomic E-state index is 0.555. The van der Waals surface area contributed by atoms with Gasteiger partial charge in [0.05, 0.1) is 15.6 Å². The Kier molecular flexibility index (Phi) is 5.16. The van der Waals surface area contributed by atoms with Crippen LogP contribution in [0.2, 0.25) is 10.0 Å². The Morgan fingerprint density at radius 2 is 1.91 bits per heavy atom. The molecule has 0 saturated heterocycles. The largest absolute Gasteiger partial charge is 0.245 e. The summed E-state index contributed by atoms with van der Waals surface area (Å²) in [5.41, 5.74) is 5.39. The highest BCUT2D eigenvalue weighted by atomic mass is 35.5. The number of thioether (sulfide) groups is 1. The summed E-state index contributed by atoms with van der Waals surface area (Å²) in [6, 6.07) is 8.01. The predicted molar refractivity (Wildman–Crippen MR) is 96.4 cm³/mol. The number of aromatic nitrogens is 1. The molecule has 0 saturated carbocycles. The van der Waals surface area contributed by atoms with Crippen LogP contribution in [-0.4, -0.2) is 4.98 Å². The maximum absolute atomic E-state index is 9.60.